The number of aliphatic hydroxyl groups is 2. The Kier molecular flexibility index (Phi) is 23.0. The van der Waals surface area contributed by atoms with Crippen LogP contribution in [0.3, 0.4) is 0 Å². The number of nitrogens with two attached hydrogens (primary N) is 1. The van der Waals surface area contributed by atoms with Crippen LogP contribution in [0.1, 0.15) is 130 Å². The minimum absolute atomic E-state index is 0.265. The Morgan fingerprint density at radius 3 is 1.54 bits per heavy atom. The number of hydrogen-bond donors (Lipinski definition) is 7. The Morgan fingerprint density at radius 1 is 0.634 bits per heavy atom. The number of nitrogens with one attached hydrogen (secondary N) is 3. The van der Waals surface area contributed by atoms with Gasteiger partial charge in [-0.1, -0.05) is 84.0 Å². The van der Waals surface area contributed by atoms with Gasteiger partial charge in [-0.15, -0.1) is 0 Å². The van der Waals surface area contributed by atoms with Crippen LogP contribution in [0, 0.1) is 0 Å². The van der Waals surface area contributed by atoms with Gasteiger partial charge >= 0.3 is 5.97 Å². The fraction of sp³-hybridized carbons (Fsp3) is 0.867. The molecule has 0 aliphatic carbocycles. The second-order valence-corrected chi connectivity index (χ2v) is 11.2. The summed E-state index contributed by atoms with van der Waals surface area (Å²) in [6, 6.07) is -4.02. The van der Waals surface area contributed by atoms with Crippen molar-refractivity contribution >= 4 is 23.7 Å². The Hall–Kier alpha value is -2.24. The molecule has 0 bridgehead atoms. The summed E-state index contributed by atoms with van der Waals surface area (Å²) < 4.78 is 0. The highest BCUT2D eigenvalue weighted by molar-refractivity contribution is 5.93. The monoisotopic (exact) mass is 586 g/mol. The van der Waals surface area contributed by atoms with E-state index in [1.165, 1.54) is 71.6 Å². The van der Waals surface area contributed by atoms with Crippen molar-refractivity contribution in [3.8, 4) is 0 Å². The van der Waals surface area contributed by atoms with Gasteiger partial charge in [0.15, 0.2) is 6.04 Å². The highest BCUT2D eigenvalue weighted by Gasteiger charge is 2.33. The second-order valence-electron chi connectivity index (χ2n) is 11.2. The zero-order chi connectivity index (χ0) is 31.0. The topological polar surface area (TPSA) is 191 Å². The van der Waals surface area contributed by atoms with Crippen molar-refractivity contribution in [2.24, 2.45) is 5.73 Å². The smallest absolute Gasteiger partial charge is 0.328 e. The van der Waals surface area contributed by atoms with Crippen LogP contribution < -0.4 is 21.7 Å². The van der Waals surface area contributed by atoms with E-state index < -0.39 is 48.1 Å². The van der Waals surface area contributed by atoms with Gasteiger partial charge in [0.05, 0.1) is 12.2 Å². The van der Waals surface area contributed by atoms with Gasteiger partial charge in [-0.25, -0.2) is 4.79 Å². The molecule has 0 radical (unpaired) electrons. The minimum Gasteiger partial charge on any atom is -0.480 e. The van der Waals surface area contributed by atoms with Crippen molar-refractivity contribution < 1.29 is 34.5 Å². The molecule has 0 aromatic heterocycles. The third-order valence-electron chi connectivity index (χ3n) is 7.21. The van der Waals surface area contributed by atoms with Gasteiger partial charge in [0.1, 0.15) is 12.1 Å². The molecule has 8 N–H and O–H groups in total. The molecule has 5 atom stereocenters. The van der Waals surface area contributed by atoms with Crippen LogP contribution in [-0.2, 0) is 19.2 Å². The number of carboxylic acids is 1. The first-order chi connectivity index (χ1) is 19.5. The first kappa shape index (κ1) is 38.8. The van der Waals surface area contributed by atoms with Crippen LogP contribution in [0.5, 0.6) is 0 Å². The molecule has 0 fully saturated rings. The van der Waals surface area contributed by atoms with E-state index in [4.69, 9.17) is 5.73 Å². The van der Waals surface area contributed by atoms with Crippen LogP contribution in [0.2, 0.25) is 0 Å². The number of carboxylic acid groups (broad SMARTS) is 1. The summed E-state index contributed by atoms with van der Waals surface area (Å²) in [5.41, 5.74) is 5.57. The zero-order valence-corrected chi connectivity index (χ0v) is 25.7. The molecule has 240 valence electrons. The van der Waals surface area contributed by atoms with Crippen LogP contribution >= 0.6 is 0 Å². The van der Waals surface area contributed by atoms with Crippen molar-refractivity contribution in [1.82, 2.24) is 16.0 Å². The molecule has 11 nitrogen and oxygen atoms in total. The molecule has 0 saturated carbocycles. The normalized spacial score (nSPS) is 14.9. The molecule has 0 spiro atoms. The van der Waals surface area contributed by atoms with E-state index in [1.54, 1.807) is 0 Å². The Labute approximate surface area is 246 Å². The Bertz CT molecular complexity index is 734. The van der Waals surface area contributed by atoms with Crippen molar-refractivity contribution in [1.29, 1.82) is 0 Å². The quantitative estimate of drug-likeness (QED) is 0.0752. The third-order valence-corrected chi connectivity index (χ3v) is 7.21. The lowest BCUT2D eigenvalue weighted by atomic mass is 10.0. The lowest BCUT2D eigenvalue weighted by molar-refractivity contribution is -0.146. The zero-order valence-electron chi connectivity index (χ0n) is 25.7. The van der Waals surface area contributed by atoms with Crippen LogP contribution in [0.25, 0.3) is 0 Å². The predicted molar refractivity (Wildman–Crippen MR) is 160 cm³/mol. The van der Waals surface area contributed by atoms with Gasteiger partial charge in [0, 0.05) is 6.42 Å². The minimum atomic E-state index is -1.61. The fourth-order valence-corrected chi connectivity index (χ4v) is 4.62. The van der Waals surface area contributed by atoms with Gasteiger partial charge in [-0.2, -0.15) is 0 Å². The number of aliphatic carboxylic acids is 1. The van der Waals surface area contributed by atoms with Crippen molar-refractivity contribution in [3.05, 3.63) is 0 Å². The molecule has 0 aromatic rings. The standard InChI is InChI=1S/C30H58N4O7/c1-4-5-6-7-8-9-10-11-12-13-14-15-16-20-25(37)32-24(19-17-18-21-31)28(38)33-26(22(2)35)29(39)34-27(23(3)36)30(40)41/h22-24,26-27,35-36H,4-21,31H2,1-3H3,(H,32,37)(H,33,38)(H,34,39)(H,40,41)/t22-,23-,24+,26+,27+/m1/s1. The number of rotatable bonds is 26. The van der Waals surface area contributed by atoms with E-state index >= 15 is 0 Å². The van der Waals surface area contributed by atoms with E-state index in [0.717, 1.165) is 25.7 Å². The first-order valence-corrected chi connectivity index (χ1v) is 15.7. The maximum atomic E-state index is 13.0. The number of amides is 3. The Morgan fingerprint density at radius 2 is 1.10 bits per heavy atom. The van der Waals surface area contributed by atoms with Crippen molar-refractivity contribution in [2.45, 2.75) is 160 Å². The van der Waals surface area contributed by atoms with E-state index in [1.807, 2.05) is 0 Å². The average Bonchev–Trinajstić information content (AvgIpc) is 2.91. The van der Waals surface area contributed by atoms with E-state index in [-0.39, 0.29) is 12.3 Å². The lowest BCUT2D eigenvalue weighted by Crippen LogP contribution is -2.60. The Balaban J connectivity index is 4.63. The molecule has 0 aliphatic heterocycles. The SMILES string of the molecule is CCCCCCCCCCCCCCCC(=O)N[C@@H](CCCCN)C(=O)N[C@H](C(=O)N[C@H](C(=O)O)[C@@H](C)O)[C@@H](C)O. The summed E-state index contributed by atoms with van der Waals surface area (Å²) in [5.74, 6) is -3.34. The molecule has 0 saturated heterocycles. The van der Waals surface area contributed by atoms with Crippen molar-refractivity contribution in [2.75, 3.05) is 6.54 Å². The van der Waals surface area contributed by atoms with Gasteiger partial charge < -0.3 is 37.0 Å². The number of aliphatic hydroxyl groups excluding tert-OH is 2. The maximum absolute atomic E-state index is 13.0. The van der Waals surface area contributed by atoms with E-state index in [2.05, 4.69) is 22.9 Å². The second kappa shape index (κ2) is 24.4. The molecule has 0 heterocycles. The van der Waals surface area contributed by atoms with E-state index in [9.17, 15) is 34.5 Å². The van der Waals surface area contributed by atoms with Crippen LogP contribution in [0.4, 0.5) is 0 Å². The number of carbonyl (C=O) groups excluding carboxylic acids is 3. The summed E-state index contributed by atoms with van der Waals surface area (Å²) in [6.45, 7) is 5.14. The molecule has 11 heteroatoms. The lowest BCUT2D eigenvalue weighted by Gasteiger charge is -2.26. The fourth-order valence-electron chi connectivity index (χ4n) is 4.62. The predicted octanol–water partition coefficient (Wildman–Crippen LogP) is 2.90. The van der Waals surface area contributed by atoms with Crippen LogP contribution in [-0.4, -0.2) is 75.9 Å². The highest BCUT2D eigenvalue weighted by atomic mass is 16.4. The maximum Gasteiger partial charge on any atom is 0.328 e. The average molecular weight is 587 g/mol. The highest BCUT2D eigenvalue weighted by Crippen LogP contribution is 2.13. The summed E-state index contributed by atoms with van der Waals surface area (Å²) in [6.07, 6.45) is 14.7. The number of unbranched alkanes of at least 4 members (excludes halogenated alkanes) is 13. The van der Waals surface area contributed by atoms with Gasteiger partial charge in [0.25, 0.3) is 0 Å². The summed E-state index contributed by atoms with van der Waals surface area (Å²) in [4.78, 5) is 49.6. The molecule has 3 amide bonds. The molecular formula is C30H58N4O7. The largest absolute Gasteiger partial charge is 0.480 e. The van der Waals surface area contributed by atoms with Gasteiger partial charge in [-0.05, 0) is 46.1 Å². The molecule has 0 rings (SSSR count). The van der Waals surface area contributed by atoms with Gasteiger partial charge in [-0.3, -0.25) is 14.4 Å². The number of carbonyl (C=O) groups is 4. The van der Waals surface area contributed by atoms with Crippen LogP contribution in [0.15, 0.2) is 0 Å². The molecular weight excluding hydrogens is 528 g/mol. The number of hydrogen-bond acceptors (Lipinski definition) is 7. The van der Waals surface area contributed by atoms with Crippen molar-refractivity contribution in [3.63, 3.8) is 0 Å². The first-order valence-electron chi connectivity index (χ1n) is 15.7. The summed E-state index contributed by atoms with van der Waals surface area (Å²) in [5, 5.41) is 36.2. The summed E-state index contributed by atoms with van der Waals surface area (Å²) in [7, 11) is 0. The third kappa shape index (κ3) is 19.5. The van der Waals surface area contributed by atoms with E-state index in [0.29, 0.717) is 25.8 Å². The molecule has 0 aromatic carbocycles. The summed E-state index contributed by atoms with van der Waals surface area (Å²) >= 11 is 0. The van der Waals surface area contributed by atoms with Gasteiger partial charge in [0.2, 0.25) is 17.7 Å². The molecule has 41 heavy (non-hydrogen) atoms. The molecule has 0 unspecified atom stereocenters. The molecule has 0 aliphatic rings.